The Hall–Kier alpha value is -1.45. The zero-order chi connectivity index (χ0) is 11.7. The number of hydrogen-bond acceptors (Lipinski definition) is 4. The maximum absolute atomic E-state index is 5.99. The smallest absolute Gasteiger partial charge is 0.169 e. The Morgan fingerprint density at radius 1 is 1.06 bits per heavy atom. The van der Waals surface area contributed by atoms with Crippen LogP contribution < -0.4 is 14.5 Å². The van der Waals surface area contributed by atoms with Crippen LogP contribution in [0.2, 0.25) is 0 Å². The summed E-state index contributed by atoms with van der Waals surface area (Å²) in [6, 6.07) is 0. The summed E-state index contributed by atoms with van der Waals surface area (Å²) in [4.78, 5) is 8.33. The minimum Gasteiger partial charge on any atom is -0.486 e. The van der Waals surface area contributed by atoms with Crippen molar-refractivity contribution in [1.82, 2.24) is 4.98 Å². The number of anilines is 2. The van der Waals surface area contributed by atoms with E-state index in [4.69, 9.17) is 4.74 Å². The van der Waals surface area contributed by atoms with E-state index >= 15 is 0 Å². The fourth-order valence-electron chi connectivity index (χ4n) is 1.54. The van der Waals surface area contributed by atoms with Gasteiger partial charge in [-0.2, -0.15) is 0 Å². The van der Waals surface area contributed by atoms with Crippen LogP contribution in [0, 0.1) is 0 Å². The van der Waals surface area contributed by atoms with Gasteiger partial charge in [-0.15, -0.1) is 0 Å². The lowest BCUT2D eigenvalue weighted by molar-refractivity contribution is 0.304. The first-order valence-electron chi connectivity index (χ1n) is 5.59. The molecule has 88 valence electrons. The van der Waals surface area contributed by atoms with Gasteiger partial charge in [0.1, 0.15) is 0 Å². The molecule has 1 aromatic heterocycles. The Morgan fingerprint density at radius 2 is 1.56 bits per heavy atom. The molecule has 1 fully saturated rings. The fourth-order valence-corrected chi connectivity index (χ4v) is 1.54. The quantitative estimate of drug-likeness (QED) is 0.774. The lowest BCUT2D eigenvalue weighted by atomic mass is 10.3. The third-order valence-corrected chi connectivity index (χ3v) is 2.63. The molecule has 0 spiro atoms. The number of nitrogens with zero attached hydrogens (tertiary/aromatic N) is 3. The van der Waals surface area contributed by atoms with Gasteiger partial charge in [0.25, 0.3) is 0 Å². The number of rotatable bonds is 4. The zero-order valence-corrected chi connectivity index (χ0v) is 10.4. The molecule has 1 aromatic rings. The van der Waals surface area contributed by atoms with Gasteiger partial charge in [0.15, 0.2) is 5.75 Å². The largest absolute Gasteiger partial charge is 0.486 e. The molecule has 0 atom stereocenters. The molecule has 0 saturated heterocycles. The van der Waals surface area contributed by atoms with Crippen LogP contribution in [0.15, 0.2) is 12.4 Å². The molecule has 0 bridgehead atoms. The van der Waals surface area contributed by atoms with E-state index in [2.05, 4.69) is 4.98 Å². The van der Waals surface area contributed by atoms with Crippen molar-refractivity contribution in [2.24, 2.45) is 0 Å². The SMILES string of the molecule is CN(C)c1cncc(N(C)C)c1OC1CC1. The predicted molar refractivity (Wildman–Crippen MR) is 66.5 cm³/mol. The topological polar surface area (TPSA) is 28.6 Å². The third-order valence-electron chi connectivity index (χ3n) is 2.63. The van der Waals surface area contributed by atoms with E-state index in [1.54, 1.807) is 0 Å². The van der Waals surface area contributed by atoms with Crippen LogP contribution in [0.1, 0.15) is 12.8 Å². The van der Waals surface area contributed by atoms with E-state index in [-0.39, 0.29) is 0 Å². The molecule has 1 aliphatic carbocycles. The summed E-state index contributed by atoms with van der Waals surface area (Å²) in [5, 5.41) is 0. The second-order valence-corrected chi connectivity index (χ2v) is 4.61. The first-order chi connectivity index (χ1) is 7.59. The molecule has 0 aliphatic heterocycles. The molecule has 2 rings (SSSR count). The normalized spacial score (nSPS) is 14.8. The summed E-state index contributed by atoms with van der Waals surface area (Å²) in [7, 11) is 8.04. The van der Waals surface area contributed by atoms with Crippen LogP contribution in [0.5, 0.6) is 5.75 Å². The van der Waals surface area contributed by atoms with Crippen LogP contribution >= 0.6 is 0 Å². The van der Waals surface area contributed by atoms with Crippen molar-refractivity contribution in [2.45, 2.75) is 18.9 Å². The number of hydrogen-bond donors (Lipinski definition) is 0. The summed E-state index contributed by atoms with van der Waals surface area (Å²) in [6.07, 6.45) is 6.44. The molecule has 16 heavy (non-hydrogen) atoms. The van der Waals surface area contributed by atoms with Crippen LogP contribution in [0.3, 0.4) is 0 Å². The monoisotopic (exact) mass is 221 g/mol. The average molecular weight is 221 g/mol. The lowest BCUT2D eigenvalue weighted by Gasteiger charge is -2.23. The van der Waals surface area contributed by atoms with Crippen molar-refractivity contribution in [3.63, 3.8) is 0 Å². The molecule has 0 aromatic carbocycles. The highest BCUT2D eigenvalue weighted by Gasteiger charge is 2.27. The zero-order valence-electron chi connectivity index (χ0n) is 10.4. The van der Waals surface area contributed by atoms with Gasteiger partial charge in [-0.3, -0.25) is 4.98 Å². The van der Waals surface area contributed by atoms with Crippen LogP contribution in [0.25, 0.3) is 0 Å². The van der Waals surface area contributed by atoms with Crippen LogP contribution in [-0.4, -0.2) is 39.3 Å². The highest BCUT2D eigenvalue weighted by molar-refractivity contribution is 5.70. The average Bonchev–Trinajstić information content (AvgIpc) is 3.01. The molecule has 0 radical (unpaired) electrons. The Morgan fingerprint density at radius 3 is 1.94 bits per heavy atom. The summed E-state index contributed by atoms with van der Waals surface area (Å²) in [6.45, 7) is 0. The van der Waals surface area contributed by atoms with E-state index in [1.165, 1.54) is 12.8 Å². The minimum atomic E-state index is 0.403. The number of aromatic nitrogens is 1. The Balaban J connectivity index is 2.38. The predicted octanol–water partition coefficient (Wildman–Crippen LogP) is 1.75. The van der Waals surface area contributed by atoms with Gasteiger partial charge in [0.2, 0.25) is 0 Å². The fraction of sp³-hybridized carbons (Fsp3) is 0.583. The van der Waals surface area contributed by atoms with Crippen LogP contribution in [0.4, 0.5) is 11.4 Å². The van der Waals surface area contributed by atoms with Crippen molar-refractivity contribution in [3.8, 4) is 5.75 Å². The highest BCUT2D eigenvalue weighted by Crippen LogP contribution is 2.39. The van der Waals surface area contributed by atoms with Crippen molar-refractivity contribution in [3.05, 3.63) is 12.4 Å². The molecular formula is C12H19N3O. The molecule has 1 saturated carbocycles. The van der Waals surface area contributed by atoms with Gasteiger partial charge in [-0.05, 0) is 12.8 Å². The van der Waals surface area contributed by atoms with E-state index in [1.807, 2.05) is 50.4 Å². The number of pyridine rings is 1. The highest BCUT2D eigenvalue weighted by atomic mass is 16.5. The summed E-state index contributed by atoms with van der Waals surface area (Å²) < 4.78 is 5.99. The Labute approximate surface area is 96.8 Å². The molecule has 1 aliphatic rings. The van der Waals surface area contributed by atoms with Gasteiger partial charge in [0, 0.05) is 28.2 Å². The summed E-state index contributed by atoms with van der Waals surface area (Å²) in [5.41, 5.74) is 2.08. The van der Waals surface area contributed by atoms with Gasteiger partial charge in [0.05, 0.1) is 29.9 Å². The van der Waals surface area contributed by atoms with E-state index in [0.717, 1.165) is 17.1 Å². The minimum absolute atomic E-state index is 0.403. The van der Waals surface area contributed by atoms with Gasteiger partial charge in [-0.1, -0.05) is 0 Å². The first-order valence-corrected chi connectivity index (χ1v) is 5.59. The maximum atomic E-state index is 5.99. The second kappa shape index (κ2) is 4.20. The van der Waals surface area contributed by atoms with E-state index in [9.17, 15) is 0 Å². The van der Waals surface area contributed by atoms with Crippen molar-refractivity contribution < 1.29 is 4.74 Å². The lowest BCUT2D eigenvalue weighted by Crippen LogP contribution is -2.16. The molecule has 0 unspecified atom stereocenters. The number of ether oxygens (including phenoxy) is 1. The van der Waals surface area contributed by atoms with Crippen LogP contribution in [-0.2, 0) is 0 Å². The molecular weight excluding hydrogens is 202 g/mol. The van der Waals surface area contributed by atoms with Crippen molar-refractivity contribution >= 4 is 11.4 Å². The summed E-state index contributed by atoms with van der Waals surface area (Å²) in [5.74, 6) is 0.951. The van der Waals surface area contributed by atoms with Gasteiger partial charge >= 0.3 is 0 Å². The molecule has 0 N–H and O–H groups in total. The van der Waals surface area contributed by atoms with E-state index in [0.29, 0.717) is 6.10 Å². The molecule has 1 heterocycles. The van der Waals surface area contributed by atoms with Crippen molar-refractivity contribution in [1.29, 1.82) is 0 Å². The van der Waals surface area contributed by atoms with E-state index < -0.39 is 0 Å². The second-order valence-electron chi connectivity index (χ2n) is 4.61. The van der Waals surface area contributed by atoms with Gasteiger partial charge < -0.3 is 14.5 Å². The van der Waals surface area contributed by atoms with Crippen molar-refractivity contribution in [2.75, 3.05) is 38.0 Å². The molecule has 4 nitrogen and oxygen atoms in total. The third kappa shape index (κ3) is 2.21. The molecule has 0 amide bonds. The van der Waals surface area contributed by atoms with Gasteiger partial charge in [-0.25, -0.2) is 0 Å². The first kappa shape index (κ1) is 11.0. The molecule has 4 heteroatoms. The Kier molecular flexibility index (Phi) is 2.90. The standard InChI is InChI=1S/C12H19N3O/c1-14(2)10-7-13-8-11(15(3)4)12(10)16-9-5-6-9/h7-9H,5-6H2,1-4H3. The maximum Gasteiger partial charge on any atom is 0.169 e. The Bertz CT molecular complexity index is 346. The summed E-state index contributed by atoms with van der Waals surface area (Å²) >= 11 is 0.